The van der Waals surface area contributed by atoms with Gasteiger partial charge in [-0.15, -0.1) is 6.58 Å². The van der Waals surface area contributed by atoms with Crippen molar-refractivity contribution in [1.29, 1.82) is 0 Å². The van der Waals surface area contributed by atoms with Crippen molar-refractivity contribution < 1.29 is 14.5 Å². The van der Waals surface area contributed by atoms with E-state index in [1.165, 1.54) is 6.07 Å². The van der Waals surface area contributed by atoms with Crippen LogP contribution in [-0.2, 0) is 14.9 Å². The maximum Gasteiger partial charge on any atom is 0.316 e. The molecule has 1 aromatic carbocycles. The van der Waals surface area contributed by atoms with Crippen LogP contribution in [0.2, 0.25) is 0 Å². The molecule has 0 saturated heterocycles. The zero-order chi connectivity index (χ0) is 14.5. The van der Waals surface area contributed by atoms with Crippen LogP contribution in [0.1, 0.15) is 25.8 Å². The van der Waals surface area contributed by atoms with Crippen molar-refractivity contribution in [3.63, 3.8) is 0 Å². The van der Waals surface area contributed by atoms with Gasteiger partial charge >= 0.3 is 5.97 Å². The van der Waals surface area contributed by atoms with E-state index < -0.39 is 16.3 Å². The molecular weight excluding hydrogens is 246 g/mol. The molecule has 1 aromatic rings. The first-order chi connectivity index (χ1) is 8.97. The molecule has 0 aromatic heterocycles. The quantitative estimate of drug-likeness (QED) is 0.342. The molecule has 19 heavy (non-hydrogen) atoms. The van der Waals surface area contributed by atoms with E-state index in [4.69, 9.17) is 4.74 Å². The minimum Gasteiger partial charge on any atom is -0.465 e. The summed E-state index contributed by atoms with van der Waals surface area (Å²) in [6.45, 7) is 7.17. The number of ether oxygens (including phenoxy) is 1. The van der Waals surface area contributed by atoms with Crippen molar-refractivity contribution in [3.05, 3.63) is 52.6 Å². The number of nitro benzene ring substituents is 1. The number of esters is 1. The normalized spacial score (nSPS) is 13.4. The van der Waals surface area contributed by atoms with Gasteiger partial charge in [-0.2, -0.15) is 0 Å². The molecule has 0 spiro atoms. The lowest BCUT2D eigenvalue weighted by Gasteiger charge is -2.26. The van der Waals surface area contributed by atoms with Crippen molar-refractivity contribution in [1.82, 2.24) is 0 Å². The minimum atomic E-state index is -1.10. The zero-order valence-electron chi connectivity index (χ0n) is 11.1. The molecule has 1 atom stereocenters. The van der Waals surface area contributed by atoms with Gasteiger partial charge in [0.15, 0.2) is 0 Å². The molecule has 0 radical (unpaired) electrons. The third-order valence-electron chi connectivity index (χ3n) is 2.97. The van der Waals surface area contributed by atoms with E-state index >= 15 is 0 Å². The highest BCUT2D eigenvalue weighted by atomic mass is 16.6. The van der Waals surface area contributed by atoms with Crippen LogP contribution in [0, 0.1) is 10.1 Å². The Morgan fingerprint density at radius 2 is 2.16 bits per heavy atom. The summed E-state index contributed by atoms with van der Waals surface area (Å²) >= 11 is 0. The number of allylic oxidation sites excluding steroid dienone is 1. The van der Waals surface area contributed by atoms with Crippen LogP contribution in [0.25, 0.3) is 0 Å². The third-order valence-corrected chi connectivity index (χ3v) is 2.97. The summed E-state index contributed by atoms with van der Waals surface area (Å²) in [4.78, 5) is 22.7. The highest BCUT2D eigenvalue weighted by molar-refractivity contribution is 5.84. The summed E-state index contributed by atoms with van der Waals surface area (Å²) in [5.41, 5.74) is -0.834. The van der Waals surface area contributed by atoms with Crippen LogP contribution < -0.4 is 0 Å². The summed E-state index contributed by atoms with van der Waals surface area (Å²) in [5.74, 6) is -0.482. The van der Waals surface area contributed by atoms with E-state index in [2.05, 4.69) is 6.58 Å². The average Bonchev–Trinajstić information content (AvgIpc) is 2.39. The Kier molecular flexibility index (Phi) is 4.80. The van der Waals surface area contributed by atoms with Gasteiger partial charge in [-0.05, 0) is 20.3 Å². The smallest absolute Gasteiger partial charge is 0.316 e. The molecule has 5 nitrogen and oxygen atoms in total. The van der Waals surface area contributed by atoms with E-state index in [1.807, 2.05) is 0 Å². The third kappa shape index (κ3) is 2.99. The molecule has 0 aliphatic heterocycles. The van der Waals surface area contributed by atoms with Gasteiger partial charge in [0, 0.05) is 11.6 Å². The number of carbonyl (C=O) groups is 1. The van der Waals surface area contributed by atoms with E-state index in [0.717, 1.165) is 0 Å². The largest absolute Gasteiger partial charge is 0.465 e. The van der Waals surface area contributed by atoms with Crippen LogP contribution in [0.3, 0.4) is 0 Å². The molecule has 0 N–H and O–H groups in total. The Morgan fingerprint density at radius 1 is 1.53 bits per heavy atom. The molecule has 0 saturated carbocycles. The SMILES string of the molecule is C=CCC(C)(C(=O)OCC)c1ccccc1[N+](=O)[O-]. The van der Waals surface area contributed by atoms with Crippen LogP contribution in [0.4, 0.5) is 5.69 Å². The maximum atomic E-state index is 12.1. The second kappa shape index (κ2) is 6.13. The number of carbonyl (C=O) groups excluding carboxylic acids is 1. The van der Waals surface area contributed by atoms with Gasteiger partial charge in [0.1, 0.15) is 5.41 Å². The Labute approximate surface area is 112 Å². The van der Waals surface area contributed by atoms with E-state index in [0.29, 0.717) is 5.56 Å². The molecule has 0 aliphatic rings. The molecule has 1 unspecified atom stereocenters. The van der Waals surface area contributed by atoms with Crippen LogP contribution in [-0.4, -0.2) is 17.5 Å². The number of hydrogen-bond acceptors (Lipinski definition) is 4. The van der Waals surface area contributed by atoms with Gasteiger partial charge in [0.2, 0.25) is 0 Å². The van der Waals surface area contributed by atoms with Gasteiger partial charge in [-0.25, -0.2) is 0 Å². The summed E-state index contributed by atoms with van der Waals surface area (Å²) in [6.07, 6.45) is 1.84. The van der Waals surface area contributed by atoms with E-state index in [-0.39, 0.29) is 18.7 Å². The van der Waals surface area contributed by atoms with Gasteiger partial charge < -0.3 is 4.74 Å². The molecule has 102 valence electrons. The van der Waals surface area contributed by atoms with Crippen molar-refractivity contribution in [2.45, 2.75) is 25.7 Å². The minimum absolute atomic E-state index is 0.0834. The number of nitro groups is 1. The second-order valence-electron chi connectivity index (χ2n) is 4.32. The van der Waals surface area contributed by atoms with E-state index in [9.17, 15) is 14.9 Å². The first-order valence-corrected chi connectivity index (χ1v) is 5.99. The fourth-order valence-corrected chi connectivity index (χ4v) is 1.98. The molecule has 0 fully saturated rings. The lowest BCUT2D eigenvalue weighted by Crippen LogP contribution is -2.34. The lowest BCUT2D eigenvalue weighted by molar-refractivity contribution is -0.386. The van der Waals surface area contributed by atoms with Crippen molar-refractivity contribution in [2.75, 3.05) is 6.61 Å². The van der Waals surface area contributed by atoms with Crippen molar-refractivity contribution in [3.8, 4) is 0 Å². The lowest BCUT2D eigenvalue weighted by atomic mass is 9.78. The Hall–Kier alpha value is -2.17. The maximum absolute atomic E-state index is 12.1. The molecule has 0 aliphatic carbocycles. The number of benzene rings is 1. The Balaban J connectivity index is 3.37. The predicted octanol–water partition coefficient (Wildman–Crippen LogP) is 2.99. The number of nitrogens with zero attached hydrogens (tertiary/aromatic N) is 1. The summed E-state index contributed by atoms with van der Waals surface area (Å²) in [6, 6.07) is 6.21. The molecule has 5 heteroatoms. The average molecular weight is 263 g/mol. The standard InChI is InChI=1S/C14H17NO4/c1-4-10-14(3,13(16)19-5-2)11-8-6-7-9-12(11)15(17)18/h4,6-9H,1,5,10H2,2-3H3. The molecule has 0 amide bonds. The van der Waals surface area contributed by atoms with Gasteiger partial charge in [0.05, 0.1) is 11.5 Å². The first kappa shape index (κ1) is 14.9. The van der Waals surface area contributed by atoms with Crippen LogP contribution in [0.15, 0.2) is 36.9 Å². The predicted molar refractivity (Wildman–Crippen MR) is 71.9 cm³/mol. The summed E-state index contributed by atoms with van der Waals surface area (Å²) in [5, 5.41) is 11.1. The fourth-order valence-electron chi connectivity index (χ4n) is 1.98. The first-order valence-electron chi connectivity index (χ1n) is 5.99. The summed E-state index contributed by atoms with van der Waals surface area (Å²) < 4.78 is 5.04. The topological polar surface area (TPSA) is 69.4 Å². The van der Waals surface area contributed by atoms with Gasteiger partial charge in [-0.1, -0.05) is 24.3 Å². The van der Waals surface area contributed by atoms with Crippen LogP contribution >= 0.6 is 0 Å². The summed E-state index contributed by atoms with van der Waals surface area (Å²) in [7, 11) is 0. The van der Waals surface area contributed by atoms with E-state index in [1.54, 1.807) is 38.1 Å². The van der Waals surface area contributed by atoms with Gasteiger partial charge in [0.25, 0.3) is 5.69 Å². The molecule has 0 heterocycles. The van der Waals surface area contributed by atoms with Crippen molar-refractivity contribution >= 4 is 11.7 Å². The van der Waals surface area contributed by atoms with Crippen LogP contribution in [0.5, 0.6) is 0 Å². The van der Waals surface area contributed by atoms with Crippen molar-refractivity contribution in [2.24, 2.45) is 0 Å². The second-order valence-corrected chi connectivity index (χ2v) is 4.32. The highest BCUT2D eigenvalue weighted by Gasteiger charge is 2.40. The van der Waals surface area contributed by atoms with Gasteiger partial charge in [-0.3, -0.25) is 14.9 Å². The highest BCUT2D eigenvalue weighted by Crippen LogP contribution is 2.35. The Morgan fingerprint density at radius 3 is 2.68 bits per heavy atom. The molecular formula is C14H17NO4. The number of rotatable bonds is 6. The number of hydrogen-bond donors (Lipinski definition) is 0. The number of para-hydroxylation sites is 1. The Bertz CT molecular complexity index is 498. The molecule has 0 bridgehead atoms. The fraction of sp³-hybridized carbons (Fsp3) is 0.357. The zero-order valence-corrected chi connectivity index (χ0v) is 11.1. The molecule has 1 rings (SSSR count). The monoisotopic (exact) mass is 263 g/mol.